The Kier molecular flexibility index (Phi) is 3.73. The van der Waals surface area contributed by atoms with Crippen molar-refractivity contribution >= 4 is 23.5 Å². The van der Waals surface area contributed by atoms with Crippen molar-refractivity contribution in [3.63, 3.8) is 0 Å². The quantitative estimate of drug-likeness (QED) is 0.873. The van der Waals surface area contributed by atoms with Crippen molar-refractivity contribution in [2.24, 2.45) is 5.92 Å². The number of ether oxygens (including phenoxy) is 1. The van der Waals surface area contributed by atoms with Crippen LogP contribution in [-0.4, -0.2) is 33.7 Å². The van der Waals surface area contributed by atoms with E-state index >= 15 is 0 Å². The van der Waals surface area contributed by atoms with Crippen molar-refractivity contribution in [3.05, 3.63) is 30.6 Å². The van der Waals surface area contributed by atoms with E-state index in [4.69, 9.17) is 4.74 Å². The summed E-state index contributed by atoms with van der Waals surface area (Å²) in [6, 6.07) is 7.00. The van der Waals surface area contributed by atoms with Gasteiger partial charge in [0, 0.05) is 12.1 Å². The van der Waals surface area contributed by atoms with Crippen LogP contribution < -0.4 is 15.4 Å². The molecule has 2 N–H and O–H groups in total. The van der Waals surface area contributed by atoms with Crippen LogP contribution in [0.25, 0.3) is 0 Å². The van der Waals surface area contributed by atoms with Crippen molar-refractivity contribution in [1.29, 1.82) is 0 Å². The van der Waals surface area contributed by atoms with Crippen molar-refractivity contribution in [3.8, 4) is 5.75 Å². The van der Waals surface area contributed by atoms with Crippen LogP contribution in [0.15, 0.2) is 30.6 Å². The Morgan fingerprint density at radius 3 is 2.95 bits per heavy atom. The van der Waals surface area contributed by atoms with E-state index in [9.17, 15) is 9.59 Å². The lowest BCUT2D eigenvalue weighted by Gasteiger charge is -2.21. The number of carbonyl (C=O) groups is 2. The van der Waals surface area contributed by atoms with Crippen LogP contribution in [0.2, 0.25) is 0 Å². The van der Waals surface area contributed by atoms with E-state index in [2.05, 4.69) is 20.7 Å². The molecule has 2 amide bonds. The highest BCUT2D eigenvalue weighted by Crippen LogP contribution is 2.20. The molecule has 8 heteroatoms. The van der Waals surface area contributed by atoms with Crippen molar-refractivity contribution in [1.82, 2.24) is 14.8 Å². The summed E-state index contributed by atoms with van der Waals surface area (Å²) >= 11 is 0. The predicted molar refractivity (Wildman–Crippen MR) is 78.4 cm³/mol. The SMILES string of the molecule is COc1ccc(NC(=O)CC2Cn3ncnc3NC2=O)cc1. The fourth-order valence-corrected chi connectivity index (χ4v) is 2.27. The first-order valence-corrected chi connectivity index (χ1v) is 6.78. The van der Waals surface area contributed by atoms with E-state index in [1.807, 2.05) is 0 Å². The summed E-state index contributed by atoms with van der Waals surface area (Å²) in [6.45, 7) is 0.344. The minimum Gasteiger partial charge on any atom is -0.497 e. The van der Waals surface area contributed by atoms with Gasteiger partial charge in [-0.1, -0.05) is 0 Å². The maximum absolute atomic E-state index is 12.1. The maximum atomic E-state index is 12.1. The molecule has 1 aromatic carbocycles. The number of rotatable bonds is 4. The number of fused-ring (bicyclic) bond motifs is 1. The first-order chi connectivity index (χ1) is 10.7. The first kappa shape index (κ1) is 14.1. The Labute approximate surface area is 126 Å². The molecule has 2 aromatic rings. The number of aromatic nitrogens is 3. The third kappa shape index (κ3) is 2.90. The van der Waals surface area contributed by atoms with E-state index < -0.39 is 5.92 Å². The smallest absolute Gasteiger partial charge is 0.232 e. The summed E-state index contributed by atoms with van der Waals surface area (Å²) in [7, 11) is 1.58. The summed E-state index contributed by atoms with van der Waals surface area (Å²) < 4.78 is 6.63. The monoisotopic (exact) mass is 301 g/mol. The Bertz CT molecular complexity index is 695. The molecule has 1 atom stereocenters. The first-order valence-electron chi connectivity index (χ1n) is 6.78. The van der Waals surface area contributed by atoms with Gasteiger partial charge >= 0.3 is 0 Å². The minimum atomic E-state index is -0.465. The molecule has 0 fully saturated rings. The van der Waals surface area contributed by atoms with Gasteiger partial charge in [0.1, 0.15) is 12.1 Å². The van der Waals surface area contributed by atoms with Gasteiger partial charge in [0.15, 0.2) is 0 Å². The Hall–Kier alpha value is -2.90. The van der Waals surface area contributed by atoms with Crippen molar-refractivity contribution in [2.75, 3.05) is 17.7 Å². The molecule has 1 aliphatic heterocycles. The van der Waals surface area contributed by atoms with Gasteiger partial charge in [-0.05, 0) is 24.3 Å². The van der Waals surface area contributed by atoms with Crippen molar-refractivity contribution in [2.45, 2.75) is 13.0 Å². The Balaban J connectivity index is 1.60. The van der Waals surface area contributed by atoms with Crippen LogP contribution in [0.5, 0.6) is 5.75 Å². The molecule has 1 unspecified atom stereocenters. The average molecular weight is 301 g/mol. The van der Waals surface area contributed by atoms with Crippen LogP contribution >= 0.6 is 0 Å². The summed E-state index contributed by atoms with van der Waals surface area (Å²) in [4.78, 5) is 27.9. The zero-order chi connectivity index (χ0) is 15.5. The van der Waals surface area contributed by atoms with Gasteiger partial charge in [-0.2, -0.15) is 10.1 Å². The van der Waals surface area contributed by atoms with E-state index in [1.165, 1.54) is 6.33 Å². The fraction of sp³-hybridized carbons (Fsp3) is 0.286. The van der Waals surface area contributed by atoms with Crippen LogP contribution in [0.4, 0.5) is 11.6 Å². The van der Waals surface area contributed by atoms with Gasteiger partial charge in [0.25, 0.3) is 0 Å². The normalized spacial score (nSPS) is 16.6. The molecular formula is C14H15N5O3. The fourth-order valence-electron chi connectivity index (χ4n) is 2.27. The highest BCUT2D eigenvalue weighted by molar-refractivity contribution is 5.98. The zero-order valence-electron chi connectivity index (χ0n) is 11.9. The molecule has 0 saturated heterocycles. The minimum absolute atomic E-state index is 0.0805. The number of benzene rings is 1. The standard InChI is InChI=1S/C14H15N5O3/c1-22-11-4-2-10(3-5-11)17-12(20)6-9-7-19-14(15-8-16-19)18-13(9)21/h2-5,8-9H,6-7H2,1H3,(H,17,20)(H,15,16,18,21). The molecule has 0 saturated carbocycles. The zero-order valence-corrected chi connectivity index (χ0v) is 11.9. The summed E-state index contributed by atoms with van der Waals surface area (Å²) in [5.74, 6) is 0.215. The van der Waals surface area contributed by atoms with Gasteiger partial charge in [-0.3, -0.25) is 14.9 Å². The third-order valence-corrected chi connectivity index (χ3v) is 3.42. The maximum Gasteiger partial charge on any atom is 0.232 e. The highest BCUT2D eigenvalue weighted by atomic mass is 16.5. The number of nitrogens with one attached hydrogen (secondary N) is 2. The van der Waals surface area contributed by atoms with Crippen LogP contribution in [0.1, 0.15) is 6.42 Å². The van der Waals surface area contributed by atoms with E-state index in [0.717, 1.165) is 0 Å². The van der Waals surface area contributed by atoms with Crippen LogP contribution in [-0.2, 0) is 16.1 Å². The number of hydrogen-bond donors (Lipinski definition) is 2. The summed E-state index contributed by atoms with van der Waals surface area (Å²) in [5, 5.41) is 9.38. The number of hydrogen-bond acceptors (Lipinski definition) is 5. The molecule has 8 nitrogen and oxygen atoms in total. The average Bonchev–Trinajstić information content (AvgIpc) is 2.95. The molecule has 0 bridgehead atoms. The van der Waals surface area contributed by atoms with Crippen LogP contribution in [0, 0.1) is 5.92 Å². The molecule has 2 heterocycles. The predicted octanol–water partition coefficient (Wildman–Crippen LogP) is 0.884. The third-order valence-electron chi connectivity index (χ3n) is 3.42. The second-order valence-electron chi connectivity index (χ2n) is 4.93. The van der Waals surface area contributed by atoms with Crippen molar-refractivity contribution < 1.29 is 14.3 Å². The highest BCUT2D eigenvalue weighted by Gasteiger charge is 2.29. The summed E-state index contributed by atoms with van der Waals surface area (Å²) in [6.07, 6.45) is 1.45. The second kappa shape index (κ2) is 5.84. The number of carbonyl (C=O) groups excluding carboxylic acids is 2. The number of anilines is 2. The topological polar surface area (TPSA) is 98.1 Å². The second-order valence-corrected chi connectivity index (χ2v) is 4.93. The molecule has 0 spiro atoms. The molecule has 1 aromatic heterocycles. The molecule has 3 rings (SSSR count). The largest absolute Gasteiger partial charge is 0.497 e. The van der Waals surface area contributed by atoms with Gasteiger partial charge in [-0.15, -0.1) is 0 Å². The lowest BCUT2D eigenvalue weighted by molar-refractivity contribution is -0.125. The van der Waals surface area contributed by atoms with Gasteiger partial charge in [0.2, 0.25) is 17.8 Å². The lowest BCUT2D eigenvalue weighted by atomic mass is 10.0. The lowest BCUT2D eigenvalue weighted by Crippen LogP contribution is -2.36. The number of amides is 2. The van der Waals surface area contributed by atoms with E-state index in [-0.39, 0.29) is 18.2 Å². The Morgan fingerprint density at radius 2 is 2.23 bits per heavy atom. The summed E-state index contributed by atoms with van der Waals surface area (Å²) in [5.41, 5.74) is 0.656. The molecule has 1 aliphatic rings. The van der Waals surface area contributed by atoms with E-state index in [1.54, 1.807) is 36.1 Å². The molecular weight excluding hydrogens is 286 g/mol. The molecule has 0 radical (unpaired) electrons. The molecule has 22 heavy (non-hydrogen) atoms. The molecule has 114 valence electrons. The van der Waals surface area contributed by atoms with Gasteiger partial charge in [0.05, 0.1) is 19.6 Å². The Morgan fingerprint density at radius 1 is 1.45 bits per heavy atom. The molecule has 0 aliphatic carbocycles. The van der Waals surface area contributed by atoms with Gasteiger partial charge < -0.3 is 10.1 Å². The number of methoxy groups -OCH3 is 1. The number of nitrogens with zero attached hydrogens (tertiary/aromatic N) is 3. The van der Waals surface area contributed by atoms with E-state index in [0.29, 0.717) is 23.9 Å². The van der Waals surface area contributed by atoms with Gasteiger partial charge in [-0.25, -0.2) is 4.68 Å². The van der Waals surface area contributed by atoms with Crippen LogP contribution in [0.3, 0.4) is 0 Å².